The van der Waals surface area contributed by atoms with Crippen LogP contribution in [0.2, 0.25) is 0 Å². The molecular formula is C12H21NO3. The molecule has 1 spiro atoms. The monoisotopic (exact) mass is 227 g/mol. The van der Waals surface area contributed by atoms with Gasteiger partial charge in [0.15, 0.2) is 0 Å². The molecule has 0 aromatic heterocycles. The van der Waals surface area contributed by atoms with Crippen molar-refractivity contribution in [1.82, 2.24) is 5.32 Å². The van der Waals surface area contributed by atoms with Crippen LogP contribution in [0.4, 0.5) is 0 Å². The fraction of sp³-hybridized carbons (Fsp3) is 0.917. The van der Waals surface area contributed by atoms with Crippen molar-refractivity contribution in [2.45, 2.75) is 44.8 Å². The van der Waals surface area contributed by atoms with Crippen molar-refractivity contribution in [3.63, 3.8) is 0 Å². The lowest BCUT2D eigenvalue weighted by Gasteiger charge is -2.26. The zero-order chi connectivity index (χ0) is 12.0. The van der Waals surface area contributed by atoms with Gasteiger partial charge in [-0.15, -0.1) is 0 Å². The summed E-state index contributed by atoms with van der Waals surface area (Å²) in [6.07, 6.45) is 1.88. The summed E-state index contributed by atoms with van der Waals surface area (Å²) in [7, 11) is 0. The molecule has 16 heavy (non-hydrogen) atoms. The van der Waals surface area contributed by atoms with Gasteiger partial charge in [0.2, 0.25) is 0 Å². The Hall–Kier alpha value is -0.610. The molecule has 2 aliphatic rings. The summed E-state index contributed by atoms with van der Waals surface area (Å²) in [5.74, 6) is -0.268. The summed E-state index contributed by atoms with van der Waals surface area (Å²) < 4.78 is 5.44. The predicted molar refractivity (Wildman–Crippen MR) is 59.9 cm³/mol. The highest BCUT2D eigenvalue weighted by molar-refractivity contribution is 5.76. The van der Waals surface area contributed by atoms with E-state index in [1.807, 2.05) is 20.8 Å². The van der Waals surface area contributed by atoms with Gasteiger partial charge in [-0.2, -0.15) is 0 Å². The quantitative estimate of drug-likeness (QED) is 0.538. The van der Waals surface area contributed by atoms with E-state index in [0.29, 0.717) is 0 Å². The Labute approximate surface area is 96.4 Å². The number of rotatable bonds is 2. The van der Waals surface area contributed by atoms with E-state index >= 15 is 0 Å². The molecule has 3 atom stereocenters. The molecule has 0 radical (unpaired) electrons. The fourth-order valence-electron chi connectivity index (χ4n) is 2.71. The highest BCUT2D eigenvalue weighted by Gasteiger charge is 2.59. The molecule has 2 N–H and O–H groups in total. The van der Waals surface area contributed by atoms with Crippen molar-refractivity contribution in [3.8, 4) is 0 Å². The zero-order valence-corrected chi connectivity index (χ0v) is 10.2. The maximum Gasteiger partial charge on any atom is 0.311 e. The van der Waals surface area contributed by atoms with Crippen LogP contribution < -0.4 is 5.32 Å². The first-order chi connectivity index (χ1) is 7.38. The lowest BCUT2D eigenvalue weighted by molar-refractivity contribution is -0.162. The summed E-state index contributed by atoms with van der Waals surface area (Å²) in [5.41, 5.74) is -0.508. The fourth-order valence-corrected chi connectivity index (χ4v) is 2.71. The Morgan fingerprint density at radius 2 is 2.19 bits per heavy atom. The Morgan fingerprint density at radius 3 is 2.62 bits per heavy atom. The molecule has 1 saturated heterocycles. The second-order valence-corrected chi connectivity index (χ2v) is 6.00. The minimum Gasteiger partial charge on any atom is -0.460 e. The maximum absolute atomic E-state index is 12.1. The largest absolute Gasteiger partial charge is 0.460 e. The number of aliphatic hydroxyl groups is 1. The van der Waals surface area contributed by atoms with Crippen molar-refractivity contribution < 1.29 is 14.6 Å². The normalized spacial score (nSPS) is 37.8. The van der Waals surface area contributed by atoms with Crippen LogP contribution in [0.25, 0.3) is 0 Å². The third-order valence-corrected chi connectivity index (χ3v) is 3.55. The molecule has 0 aromatic carbocycles. The predicted octanol–water partition coefficient (Wildman–Crippen LogP) is 0.689. The van der Waals surface area contributed by atoms with Crippen molar-refractivity contribution in [3.05, 3.63) is 0 Å². The molecule has 4 heteroatoms. The molecule has 1 aliphatic heterocycles. The number of esters is 1. The number of hydrogen-bond acceptors (Lipinski definition) is 4. The van der Waals surface area contributed by atoms with Crippen LogP contribution in [0.15, 0.2) is 0 Å². The molecular weight excluding hydrogens is 206 g/mol. The van der Waals surface area contributed by atoms with Crippen LogP contribution in [0, 0.1) is 11.8 Å². The van der Waals surface area contributed by atoms with Crippen molar-refractivity contribution in [2.24, 2.45) is 11.8 Å². The minimum absolute atomic E-state index is 0.0598. The Balaban J connectivity index is 2.08. The first-order valence-corrected chi connectivity index (χ1v) is 5.97. The van der Waals surface area contributed by atoms with Gasteiger partial charge in [-0.25, -0.2) is 0 Å². The third kappa shape index (κ3) is 2.09. The van der Waals surface area contributed by atoms with E-state index in [0.717, 1.165) is 19.4 Å². The number of aliphatic hydroxyl groups excluding tert-OH is 1. The number of carbonyl (C=O) groups is 1. The molecule has 2 fully saturated rings. The molecule has 0 bridgehead atoms. The van der Waals surface area contributed by atoms with Crippen LogP contribution >= 0.6 is 0 Å². The molecule has 92 valence electrons. The van der Waals surface area contributed by atoms with E-state index in [9.17, 15) is 9.90 Å². The van der Waals surface area contributed by atoms with Crippen molar-refractivity contribution >= 4 is 5.97 Å². The van der Waals surface area contributed by atoms with Crippen LogP contribution in [-0.4, -0.2) is 35.4 Å². The van der Waals surface area contributed by atoms with Crippen LogP contribution in [-0.2, 0) is 9.53 Å². The van der Waals surface area contributed by atoms with Crippen LogP contribution in [0.5, 0.6) is 0 Å². The third-order valence-electron chi connectivity index (χ3n) is 3.55. The van der Waals surface area contributed by atoms with Gasteiger partial charge in [0.25, 0.3) is 0 Å². The molecule has 0 aromatic rings. The highest BCUT2D eigenvalue weighted by Crippen LogP contribution is 2.46. The SMILES string of the molecule is CC(C)(C)OC(=O)C1C(CO)CCC12CN2. The summed E-state index contributed by atoms with van der Waals surface area (Å²) in [6, 6.07) is 0. The molecule has 1 saturated carbocycles. The molecule has 2 rings (SSSR count). The number of ether oxygens (including phenoxy) is 1. The number of nitrogens with one attached hydrogen (secondary N) is 1. The van der Waals surface area contributed by atoms with E-state index in [1.54, 1.807) is 0 Å². The second kappa shape index (κ2) is 3.70. The molecule has 0 amide bonds. The molecule has 1 heterocycles. The first-order valence-electron chi connectivity index (χ1n) is 5.97. The topological polar surface area (TPSA) is 68.5 Å². The lowest BCUT2D eigenvalue weighted by Crippen LogP contribution is -2.39. The second-order valence-electron chi connectivity index (χ2n) is 6.00. The Bertz CT molecular complexity index is 291. The Morgan fingerprint density at radius 1 is 1.56 bits per heavy atom. The average Bonchev–Trinajstić information content (AvgIpc) is 2.76. The minimum atomic E-state index is -0.449. The summed E-state index contributed by atoms with van der Waals surface area (Å²) >= 11 is 0. The van der Waals surface area contributed by atoms with Gasteiger partial charge in [-0.3, -0.25) is 4.79 Å². The standard InChI is InChI=1S/C12H21NO3/c1-11(2,3)16-10(15)9-8(6-14)4-5-12(9)7-13-12/h8-9,13-14H,4-7H2,1-3H3. The van der Waals surface area contributed by atoms with Gasteiger partial charge < -0.3 is 15.2 Å². The molecule has 1 aliphatic carbocycles. The van der Waals surface area contributed by atoms with Crippen LogP contribution in [0.3, 0.4) is 0 Å². The number of hydrogen-bond donors (Lipinski definition) is 2. The zero-order valence-electron chi connectivity index (χ0n) is 10.2. The van der Waals surface area contributed by atoms with Gasteiger partial charge in [0, 0.05) is 18.7 Å². The van der Waals surface area contributed by atoms with Crippen molar-refractivity contribution in [2.75, 3.05) is 13.2 Å². The van der Waals surface area contributed by atoms with Gasteiger partial charge in [-0.1, -0.05) is 0 Å². The van der Waals surface area contributed by atoms with E-state index in [2.05, 4.69) is 5.32 Å². The van der Waals surface area contributed by atoms with Gasteiger partial charge in [-0.05, 0) is 39.5 Å². The Kier molecular flexibility index (Phi) is 2.75. The van der Waals surface area contributed by atoms with Crippen LogP contribution in [0.1, 0.15) is 33.6 Å². The van der Waals surface area contributed by atoms with Crippen molar-refractivity contribution in [1.29, 1.82) is 0 Å². The lowest BCUT2D eigenvalue weighted by atomic mass is 9.89. The molecule has 3 unspecified atom stereocenters. The average molecular weight is 227 g/mol. The maximum atomic E-state index is 12.1. The summed E-state index contributed by atoms with van der Waals surface area (Å²) in [5, 5.41) is 12.6. The summed E-state index contributed by atoms with van der Waals surface area (Å²) in [6.45, 7) is 6.59. The van der Waals surface area contributed by atoms with E-state index in [-0.39, 0.29) is 30.0 Å². The summed E-state index contributed by atoms with van der Waals surface area (Å²) in [4.78, 5) is 12.1. The van der Waals surface area contributed by atoms with E-state index < -0.39 is 5.60 Å². The highest BCUT2D eigenvalue weighted by atomic mass is 16.6. The van der Waals surface area contributed by atoms with Gasteiger partial charge in [0.1, 0.15) is 5.60 Å². The van der Waals surface area contributed by atoms with Gasteiger partial charge in [0.05, 0.1) is 5.92 Å². The first kappa shape index (κ1) is 11.9. The molecule has 4 nitrogen and oxygen atoms in total. The van der Waals surface area contributed by atoms with E-state index in [1.165, 1.54) is 0 Å². The smallest absolute Gasteiger partial charge is 0.311 e. The van der Waals surface area contributed by atoms with Gasteiger partial charge >= 0.3 is 5.97 Å². The van der Waals surface area contributed by atoms with E-state index in [4.69, 9.17) is 4.74 Å². The number of carbonyl (C=O) groups excluding carboxylic acids is 1.